The van der Waals surface area contributed by atoms with Crippen molar-refractivity contribution in [1.29, 1.82) is 0 Å². The molecule has 9 nitrogen and oxygen atoms in total. The molecule has 0 aliphatic carbocycles. The molecule has 0 aromatic rings. The van der Waals surface area contributed by atoms with E-state index < -0.39 is 30.1 Å². The van der Waals surface area contributed by atoms with Gasteiger partial charge in [-0.2, -0.15) is 0 Å². The molecule has 0 aromatic heterocycles. The van der Waals surface area contributed by atoms with Crippen molar-refractivity contribution in [1.82, 2.24) is 15.7 Å². The molecule has 0 bridgehead atoms. The number of hydroxylamine groups is 2. The molecule has 3 amide bonds. The first-order chi connectivity index (χ1) is 13.2. The summed E-state index contributed by atoms with van der Waals surface area (Å²) in [5.74, 6) is -1.25. The molecule has 162 valence electrons. The van der Waals surface area contributed by atoms with E-state index in [-0.39, 0.29) is 12.6 Å². The number of amides is 3. The number of carbonyl (C=O) groups is 4. The molecular weight excluding hydrogens is 366 g/mol. The van der Waals surface area contributed by atoms with E-state index in [9.17, 15) is 19.2 Å². The van der Waals surface area contributed by atoms with E-state index in [1.807, 2.05) is 6.92 Å². The largest absolute Gasteiger partial charge is 0.436 e. The average molecular weight is 402 g/mol. The normalized spacial score (nSPS) is 13.2. The van der Waals surface area contributed by atoms with Gasteiger partial charge in [-0.3, -0.25) is 19.2 Å². The molecule has 0 heterocycles. The van der Waals surface area contributed by atoms with Crippen LogP contribution in [0.5, 0.6) is 0 Å². The van der Waals surface area contributed by atoms with Gasteiger partial charge in [0.1, 0.15) is 0 Å². The molecule has 9 heteroatoms. The maximum Gasteiger partial charge on any atom is 0.313 e. The number of nitrogens with one attached hydrogen (secondary N) is 2. The lowest BCUT2D eigenvalue weighted by Crippen LogP contribution is -2.48. The first-order valence-electron chi connectivity index (χ1n) is 9.71. The fraction of sp³-hybridized carbons (Fsp3) is 0.789. The first kappa shape index (κ1) is 25.8. The SMILES string of the molecule is CCCCCC(C(=O)NCNC=O)C(CC)N(C=O)OCOC(=O)C(C)(C)C. The summed E-state index contributed by atoms with van der Waals surface area (Å²) >= 11 is 0. The van der Waals surface area contributed by atoms with Crippen LogP contribution in [0.2, 0.25) is 0 Å². The van der Waals surface area contributed by atoms with E-state index in [4.69, 9.17) is 9.57 Å². The lowest BCUT2D eigenvalue weighted by Gasteiger charge is -2.32. The molecule has 2 unspecified atom stereocenters. The van der Waals surface area contributed by atoms with E-state index in [0.29, 0.717) is 25.7 Å². The van der Waals surface area contributed by atoms with Crippen LogP contribution in [-0.2, 0) is 28.8 Å². The molecule has 28 heavy (non-hydrogen) atoms. The highest BCUT2D eigenvalue weighted by Crippen LogP contribution is 2.22. The average Bonchev–Trinajstić information content (AvgIpc) is 2.64. The van der Waals surface area contributed by atoms with E-state index in [1.165, 1.54) is 0 Å². The van der Waals surface area contributed by atoms with Gasteiger partial charge in [-0.15, -0.1) is 0 Å². The van der Waals surface area contributed by atoms with Gasteiger partial charge in [-0.1, -0.05) is 33.1 Å². The third kappa shape index (κ3) is 9.68. The fourth-order valence-corrected chi connectivity index (χ4v) is 2.63. The molecule has 0 aliphatic heterocycles. The monoisotopic (exact) mass is 401 g/mol. The van der Waals surface area contributed by atoms with Crippen molar-refractivity contribution in [2.45, 2.75) is 72.8 Å². The quantitative estimate of drug-likeness (QED) is 0.142. The Morgan fingerprint density at radius 3 is 2.32 bits per heavy atom. The summed E-state index contributed by atoms with van der Waals surface area (Å²) in [5, 5.41) is 6.05. The second kappa shape index (κ2) is 13.9. The third-order valence-corrected chi connectivity index (χ3v) is 4.22. The maximum atomic E-state index is 12.6. The Balaban J connectivity index is 5.07. The van der Waals surface area contributed by atoms with Crippen molar-refractivity contribution in [3.63, 3.8) is 0 Å². The van der Waals surface area contributed by atoms with Crippen LogP contribution in [0.25, 0.3) is 0 Å². The Bertz CT molecular complexity index is 493. The number of ether oxygens (including phenoxy) is 1. The van der Waals surface area contributed by atoms with Crippen LogP contribution >= 0.6 is 0 Å². The molecule has 0 rings (SSSR count). The highest BCUT2D eigenvalue weighted by Gasteiger charge is 2.32. The van der Waals surface area contributed by atoms with Crippen molar-refractivity contribution in [2.24, 2.45) is 11.3 Å². The minimum absolute atomic E-state index is 0.00812. The number of carbonyl (C=O) groups excluding carboxylic acids is 4. The zero-order valence-corrected chi connectivity index (χ0v) is 17.7. The number of hydrogen-bond donors (Lipinski definition) is 2. The van der Waals surface area contributed by atoms with Crippen LogP contribution in [0, 0.1) is 11.3 Å². The Labute approximate surface area is 167 Å². The van der Waals surface area contributed by atoms with Gasteiger partial charge in [0.2, 0.25) is 25.5 Å². The Morgan fingerprint density at radius 1 is 1.14 bits per heavy atom. The minimum Gasteiger partial charge on any atom is -0.436 e. The maximum absolute atomic E-state index is 12.6. The van der Waals surface area contributed by atoms with E-state index >= 15 is 0 Å². The van der Waals surface area contributed by atoms with Gasteiger partial charge < -0.3 is 15.4 Å². The van der Waals surface area contributed by atoms with Crippen LogP contribution in [0.15, 0.2) is 0 Å². The highest BCUT2D eigenvalue weighted by atomic mass is 16.8. The Morgan fingerprint density at radius 2 is 1.82 bits per heavy atom. The van der Waals surface area contributed by atoms with Crippen molar-refractivity contribution in [2.75, 3.05) is 13.5 Å². The van der Waals surface area contributed by atoms with E-state index in [1.54, 1.807) is 20.8 Å². The number of rotatable bonds is 15. The molecule has 0 radical (unpaired) electrons. The van der Waals surface area contributed by atoms with Crippen molar-refractivity contribution < 1.29 is 28.8 Å². The Kier molecular flexibility index (Phi) is 12.9. The topological polar surface area (TPSA) is 114 Å². The third-order valence-electron chi connectivity index (χ3n) is 4.22. The zero-order chi connectivity index (χ0) is 21.6. The summed E-state index contributed by atoms with van der Waals surface area (Å²) in [6, 6.07) is -0.529. The van der Waals surface area contributed by atoms with Gasteiger partial charge in [-0.05, 0) is 33.6 Å². The number of esters is 1. The number of hydrogen-bond acceptors (Lipinski definition) is 6. The predicted octanol–water partition coefficient (Wildman–Crippen LogP) is 1.72. The number of nitrogens with zero attached hydrogens (tertiary/aromatic N) is 1. The standard InChI is InChI=1S/C19H35N3O6/c1-6-8-9-10-15(17(25)21-11-20-12-23)16(7-2)22(13-24)28-14-27-18(26)19(3,4)5/h12-13,15-16H,6-11,14H2,1-5H3,(H,20,23)(H,21,25). The highest BCUT2D eigenvalue weighted by molar-refractivity contribution is 5.79. The smallest absolute Gasteiger partial charge is 0.313 e. The molecule has 2 atom stereocenters. The van der Waals surface area contributed by atoms with Gasteiger partial charge in [0, 0.05) is 0 Å². The summed E-state index contributed by atoms with van der Waals surface area (Å²) in [6.45, 7) is 8.63. The van der Waals surface area contributed by atoms with Crippen LogP contribution in [-0.4, -0.2) is 49.3 Å². The summed E-state index contributed by atoms with van der Waals surface area (Å²) in [7, 11) is 0. The van der Waals surface area contributed by atoms with Gasteiger partial charge in [0.25, 0.3) is 0 Å². The Hall–Kier alpha value is -2.16. The molecule has 2 N–H and O–H groups in total. The van der Waals surface area contributed by atoms with Crippen molar-refractivity contribution in [3.05, 3.63) is 0 Å². The summed E-state index contributed by atoms with van der Waals surface area (Å²) in [4.78, 5) is 51.7. The van der Waals surface area contributed by atoms with Crippen molar-refractivity contribution in [3.8, 4) is 0 Å². The summed E-state index contributed by atoms with van der Waals surface area (Å²) < 4.78 is 5.04. The van der Waals surface area contributed by atoms with Crippen LogP contribution in [0.4, 0.5) is 0 Å². The zero-order valence-electron chi connectivity index (χ0n) is 17.7. The molecule has 0 fully saturated rings. The van der Waals surface area contributed by atoms with Crippen molar-refractivity contribution >= 4 is 24.7 Å². The van der Waals surface area contributed by atoms with Gasteiger partial charge in [-0.25, -0.2) is 9.90 Å². The number of unbranched alkanes of at least 4 members (excludes halogenated alkanes) is 2. The summed E-state index contributed by atoms with van der Waals surface area (Å²) in [6.07, 6.45) is 4.79. The van der Waals surface area contributed by atoms with Crippen LogP contribution < -0.4 is 10.6 Å². The predicted molar refractivity (Wildman–Crippen MR) is 103 cm³/mol. The second-order valence-corrected chi connectivity index (χ2v) is 7.51. The van der Waals surface area contributed by atoms with E-state index in [0.717, 1.165) is 24.3 Å². The van der Waals surface area contributed by atoms with E-state index in [2.05, 4.69) is 17.6 Å². The van der Waals surface area contributed by atoms with Gasteiger partial charge >= 0.3 is 5.97 Å². The molecule has 0 aromatic carbocycles. The minimum atomic E-state index is -0.687. The molecule has 0 saturated carbocycles. The molecule has 0 saturated heterocycles. The first-order valence-corrected chi connectivity index (χ1v) is 9.71. The fourth-order valence-electron chi connectivity index (χ4n) is 2.63. The summed E-state index contributed by atoms with van der Waals surface area (Å²) in [5.41, 5.74) is -0.687. The van der Waals surface area contributed by atoms with Crippen LogP contribution in [0.1, 0.15) is 66.7 Å². The lowest BCUT2D eigenvalue weighted by atomic mass is 9.90. The van der Waals surface area contributed by atoms with Gasteiger partial charge in [0.15, 0.2) is 0 Å². The van der Waals surface area contributed by atoms with Crippen LogP contribution in [0.3, 0.4) is 0 Å². The molecular formula is C19H35N3O6. The lowest BCUT2D eigenvalue weighted by molar-refractivity contribution is -0.236. The van der Waals surface area contributed by atoms with Gasteiger partial charge in [0.05, 0.1) is 24.0 Å². The molecule has 0 spiro atoms. The second-order valence-electron chi connectivity index (χ2n) is 7.51. The molecule has 0 aliphatic rings.